The fraction of sp³-hybridized carbons (Fsp3) is 0.500. The van der Waals surface area contributed by atoms with E-state index in [1.807, 2.05) is 0 Å². The van der Waals surface area contributed by atoms with Crippen LogP contribution in [0, 0.1) is 0 Å². The Morgan fingerprint density at radius 2 is 2.11 bits per heavy atom. The van der Waals surface area contributed by atoms with Crippen molar-refractivity contribution in [1.82, 2.24) is 10.3 Å². The van der Waals surface area contributed by atoms with E-state index in [1.54, 1.807) is 5.56 Å². The van der Waals surface area contributed by atoms with Crippen LogP contribution in [0.15, 0.2) is 18.2 Å². The largest absolute Gasteiger partial charge is 0.371 e. The van der Waals surface area contributed by atoms with Gasteiger partial charge in [0.05, 0.1) is 12.7 Å². The van der Waals surface area contributed by atoms with E-state index in [4.69, 9.17) is 4.74 Å². The SMILES string of the molecule is c1cc2[nH]c3c(c2cc1C1CNCCO1)CCCC3. The second-order valence-electron chi connectivity index (χ2n) is 5.66. The topological polar surface area (TPSA) is 37.0 Å². The summed E-state index contributed by atoms with van der Waals surface area (Å²) in [5.74, 6) is 0. The van der Waals surface area contributed by atoms with E-state index in [9.17, 15) is 0 Å². The van der Waals surface area contributed by atoms with Crippen LogP contribution in [0.1, 0.15) is 35.8 Å². The highest BCUT2D eigenvalue weighted by molar-refractivity contribution is 5.85. The van der Waals surface area contributed by atoms with Crippen molar-refractivity contribution in [1.29, 1.82) is 0 Å². The van der Waals surface area contributed by atoms with Crippen molar-refractivity contribution in [2.24, 2.45) is 0 Å². The predicted molar refractivity (Wildman–Crippen MR) is 76.5 cm³/mol. The molecule has 1 saturated heterocycles. The van der Waals surface area contributed by atoms with Crippen LogP contribution in [0.5, 0.6) is 0 Å². The maximum atomic E-state index is 5.86. The molecule has 19 heavy (non-hydrogen) atoms. The van der Waals surface area contributed by atoms with Gasteiger partial charge in [0.25, 0.3) is 0 Å². The standard InChI is InChI=1S/C16H20N2O/c1-2-4-14-12(3-1)13-9-11(5-6-15(13)18-14)16-10-17-7-8-19-16/h5-6,9,16-18H,1-4,7-8,10H2. The zero-order valence-electron chi connectivity index (χ0n) is 11.2. The predicted octanol–water partition coefficient (Wildman–Crippen LogP) is 2.71. The highest BCUT2D eigenvalue weighted by Crippen LogP contribution is 2.31. The third kappa shape index (κ3) is 1.97. The lowest BCUT2D eigenvalue weighted by Gasteiger charge is -2.24. The summed E-state index contributed by atoms with van der Waals surface area (Å²) in [6.45, 7) is 2.71. The first-order chi connectivity index (χ1) is 9.42. The molecule has 100 valence electrons. The molecule has 1 aliphatic carbocycles. The van der Waals surface area contributed by atoms with Crippen LogP contribution in [-0.4, -0.2) is 24.7 Å². The first kappa shape index (κ1) is 11.5. The monoisotopic (exact) mass is 256 g/mol. The number of rotatable bonds is 1. The van der Waals surface area contributed by atoms with Crippen LogP contribution in [0.2, 0.25) is 0 Å². The molecule has 0 radical (unpaired) electrons. The zero-order chi connectivity index (χ0) is 12.7. The Bertz CT molecular complexity index is 596. The highest BCUT2D eigenvalue weighted by Gasteiger charge is 2.19. The van der Waals surface area contributed by atoms with Gasteiger partial charge < -0.3 is 15.0 Å². The number of ether oxygens (including phenoxy) is 1. The third-order valence-corrected chi connectivity index (χ3v) is 4.42. The summed E-state index contributed by atoms with van der Waals surface area (Å²) in [5.41, 5.74) is 5.61. The number of aromatic amines is 1. The number of nitrogens with one attached hydrogen (secondary N) is 2. The molecule has 0 bridgehead atoms. The quantitative estimate of drug-likeness (QED) is 0.823. The molecule has 0 saturated carbocycles. The van der Waals surface area contributed by atoms with Gasteiger partial charge in [-0.15, -0.1) is 0 Å². The molecule has 1 aliphatic heterocycles. The number of hydrogen-bond donors (Lipinski definition) is 2. The van der Waals surface area contributed by atoms with Gasteiger partial charge in [-0.2, -0.15) is 0 Å². The summed E-state index contributed by atoms with van der Waals surface area (Å²) in [4.78, 5) is 3.59. The number of fused-ring (bicyclic) bond motifs is 3. The third-order valence-electron chi connectivity index (χ3n) is 4.42. The van der Waals surface area contributed by atoms with E-state index in [0.717, 1.165) is 19.7 Å². The van der Waals surface area contributed by atoms with Gasteiger partial charge in [0, 0.05) is 29.7 Å². The molecule has 2 aliphatic rings. The second-order valence-corrected chi connectivity index (χ2v) is 5.66. The Morgan fingerprint density at radius 3 is 3.00 bits per heavy atom. The number of hydrogen-bond acceptors (Lipinski definition) is 2. The Hall–Kier alpha value is -1.32. The molecule has 1 aromatic carbocycles. The first-order valence-electron chi connectivity index (χ1n) is 7.37. The number of aromatic nitrogens is 1. The van der Waals surface area contributed by atoms with Crippen molar-refractivity contribution in [3.8, 4) is 0 Å². The molecule has 1 fully saturated rings. The minimum atomic E-state index is 0.215. The van der Waals surface area contributed by atoms with Gasteiger partial charge in [-0.25, -0.2) is 0 Å². The molecule has 4 rings (SSSR count). The second kappa shape index (κ2) is 4.66. The molecule has 2 heterocycles. The fourth-order valence-corrected chi connectivity index (χ4v) is 3.40. The normalized spacial score (nSPS) is 23.5. The minimum Gasteiger partial charge on any atom is -0.371 e. The summed E-state index contributed by atoms with van der Waals surface area (Å²) < 4.78 is 5.86. The molecule has 2 aromatic rings. The average molecular weight is 256 g/mol. The fourth-order valence-electron chi connectivity index (χ4n) is 3.40. The average Bonchev–Trinajstić information content (AvgIpc) is 2.86. The van der Waals surface area contributed by atoms with Crippen molar-refractivity contribution in [3.63, 3.8) is 0 Å². The summed E-state index contributed by atoms with van der Waals surface area (Å²) in [5, 5.41) is 4.82. The van der Waals surface area contributed by atoms with Crippen LogP contribution < -0.4 is 5.32 Å². The lowest BCUT2D eigenvalue weighted by Crippen LogP contribution is -2.33. The van der Waals surface area contributed by atoms with Crippen molar-refractivity contribution in [2.75, 3.05) is 19.7 Å². The smallest absolute Gasteiger partial charge is 0.0950 e. The molecule has 3 nitrogen and oxygen atoms in total. The van der Waals surface area contributed by atoms with Crippen molar-refractivity contribution in [2.45, 2.75) is 31.8 Å². The molecule has 3 heteroatoms. The Labute approximate surface area is 113 Å². The van der Waals surface area contributed by atoms with Gasteiger partial charge in [-0.3, -0.25) is 0 Å². The van der Waals surface area contributed by atoms with E-state index in [-0.39, 0.29) is 6.10 Å². The van der Waals surface area contributed by atoms with Crippen LogP contribution in [0.4, 0.5) is 0 Å². The Morgan fingerprint density at radius 1 is 1.16 bits per heavy atom. The van der Waals surface area contributed by atoms with Crippen LogP contribution >= 0.6 is 0 Å². The van der Waals surface area contributed by atoms with Gasteiger partial charge in [-0.05, 0) is 48.9 Å². The minimum absolute atomic E-state index is 0.215. The zero-order valence-corrected chi connectivity index (χ0v) is 11.2. The van der Waals surface area contributed by atoms with Crippen molar-refractivity contribution < 1.29 is 4.74 Å². The van der Waals surface area contributed by atoms with Gasteiger partial charge in [0.15, 0.2) is 0 Å². The van der Waals surface area contributed by atoms with Gasteiger partial charge in [-0.1, -0.05) is 6.07 Å². The first-order valence-corrected chi connectivity index (χ1v) is 7.37. The highest BCUT2D eigenvalue weighted by atomic mass is 16.5. The molecule has 1 atom stereocenters. The number of benzene rings is 1. The molecule has 2 N–H and O–H groups in total. The summed E-state index contributed by atoms with van der Waals surface area (Å²) >= 11 is 0. The Balaban J connectivity index is 1.77. The number of H-pyrrole nitrogens is 1. The lowest BCUT2D eigenvalue weighted by molar-refractivity contribution is 0.0278. The van der Waals surface area contributed by atoms with Crippen molar-refractivity contribution >= 4 is 10.9 Å². The molecule has 0 spiro atoms. The van der Waals surface area contributed by atoms with Crippen LogP contribution in [0.25, 0.3) is 10.9 Å². The van der Waals surface area contributed by atoms with Crippen LogP contribution in [-0.2, 0) is 17.6 Å². The van der Waals surface area contributed by atoms with E-state index in [1.165, 1.54) is 47.8 Å². The molecule has 0 amide bonds. The lowest BCUT2D eigenvalue weighted by atomic mass is 9.94. The number of morpholine rings is 1. The molecular weight excluding hydrogens is 236 g/mol. The summed E-state index contributed by atoms with van der Waals surface area (Å²) in [7, 11) is 0. The van der Waals surface area contributed by atoms with Gasteiger partial charge in [0.2, 0.25) is 0 Å². The van der Waals surface area contributed by atoms with E-state index >= 15 is 0 Å². The van der Waals surface area contributed by atoms with E-state index < -0.39 is 0 Å². The maximum absolute atomic E-state index is 5.86. The maximum Gasteiger partial charge on any atom is 0.0950 e. The van der Waals surface area contributed by atoms with E-state index in [2.05, 4.69) is 28.5 Å². The molecule has 1 aromatic heterocycles. The van der Waals surface area contributed by atoms with E-state index in [0.29, 0.717) is 0 Å². The summed E-state index contributed by atoms with van der Waals surface area (Å²) in [6, 6.07) is 6.77. The van der Waals surface area contributed by atoms with Crippen LogP contribution in [0.3, 0.4) is 0 Å². The molecular formula is C16H20N2O. The van der Waals surface area contributed by atoms with Gasteiger partial charge in [0.1, 0.15) is 0 Å². The Kier molecular flexibility index (Phi) is 2.82. The molecule has 1 unspecified atom stereocenters. The number of aryl methyl sites for hydroxylation is 2. The van der Waals surface area contributed by atoms with Crippen molar-refractivity contribution in [3.05, 3.63) is 35.0 Å². The van der Waals surface area contributed by atoms with Gasteiger partial charge >= 0.3 is 0 Å². The summed E-state index contributed by atoms with van der Waals surface area (Å²) in [6.07, 6.45) is 5.30.